The molecule has 0 N–H and O–H groups in total. The molecule has 1 heterocycles. The molecule has 70 valence electrons. The van der Waals surface area contributed by atoms with Crippen molar-refractivity contribution in [3.63, 3.8) is 0 Å². The van der Waals surface area contributed by atoms with E-state index in [1.807, 2.05) is 0 Å². The number of rotatable bonds is 2. The summed E-state index contributed by atoms with van der Waals surface area (Å²) in [6.07, 6.45) is 0. The largest absolute Gasteiger partial charge is 0.494 e. The number of aromatic nitrogens is 1. The lowest BCUT2D eigenvalue weighted by Crippen LogP contribution is -2.07. The molecule has 1 aromatic heterocycles. The maximum atomic E-state index is 11.2. The standard InChI is InChI=1S/C9H11NO3/c1-6-4-5-7(12-2)8(10-6)9(11)13-3/h4-5H,1-3H3. The highest BCUT2D eigenvalue weighted by atomic mass is 16.5. The number of ether oxygens (including phenoxy) is 2. The predicted octanol–water partition coefficient (Wildman–Crippen LogP) is 1.19. The summed E-state index contributed by atoms with van der Waals surface area (Å²) in [6.45, 7) is 1.80. The van der Waals surface area contributed by atoms with Crippen LogP contribution in [0.2, 0.25) is 0 Å². The molecule has 0 atom stereocenters. The zero-order valence-corrected chi connectivity index (χ0v) is 7.83. The first-order valence-electron chi connectivity index (χ1n) is 3.79. The third kappa shape index (κ3) is 1.96. The van der Waals surface area contributed by atoms with Crippen molar-refractivity contribution in [1.82, 2.24) is 4.98 Å². The van der Waals surface area contributed by atoms with Gasteiger partial charge in [0.15, 0.2) is 11.4 Å². The van der Waals surface area contributed by atoms with Crippen molar-refractivity contribution in [2.24, 2.45) is 0 Å². The maximum absolute atomic E-state index is 11.2. The molecule has 1 aromatic rings. The summed E-state index contributed by atoms with van der Waals surface area (Å²) in [5.41, 5.74) is 0.964. The van der Waals surface area contributed by atoms with E-state index in [2.05, 4.69) is 9.72 Å². The average molecular weight is 181 g/mol. The number of pyridine rings is 1. The van der Waals surface area contributed by atoms with Gasteiger partial charge in [0.05, 0.1) is 14.2 Å². The molecule has 0 bridgehead atoms. The van der Waals surface area contributed by atoms with Crippen LogP contribution < -0.4 is 4.74 Å². The lowest BCUT2D eigenvalue weighted by Gasteiger charge is -2.05. The van der Waals surface area contributed by atoms with E-state index in [0.29, 0.717) is 5.75 Å². The van der Waals surface area contributed by atoms with E-state index in [-0.39, 0.29) is 5.69 Å². The van der Waals surface area contributed by atoms with Crippen LogP contribution in [-0.4, -0.2) is 25.2 Å². The molecule has 0 spiro atoms. The number of carbonyl (C=O) groups excluding carboxylic acids is 1. The fourth-order valence-electron chi connectivity index (χ4n) is 0.952. The fraction of sp³-hybridized carbons (Fsp3) is 0.333. The Bertz CT molecular complexity index is 323. The highest BCUT2D eigenvalue weighted by Crippen LogP contribution is 2.16. The van der Waals surface area contributed by atoms with Gasteiger partial charge in [-0.3, -0.25) is 0 Å². The van der Waals surface area contributed by atoms with Gasteiger partial charge in [0.25, 0.3) is 0 Å². The van der Waals surface area contributed by atoms with Gasteiger partial charge in [-0.25, -0.2) is 9.78 Å². The number of methoxy groups -OCH3 is 2. The van der Waals surface area contributed by atoms with Crippen molar-refractivity contribution in [3.05, 3.63) is 23.5 Å². The smallest absolute Gasteiger partial charge is 0.360 e. The van der Waals surface area contributed by atoms with Crippen LogP contribution in [0.4, 0.5) is 0 Å². The van der Waals surface area contributed by atoms with E-state index < -0.39 is 5.97 Å². The maximum Gasteiger partial charge on any atom is 0.360 e. The molecule has 0 saturated heterocycles. The Morgan fingerprint density at radius 2 is 2.08 bits per heavy atom. The minimum atomic E-state index is -0.486. The molecule has 0 aliphatic heterocycles. The number of carbonyl (C=O) groups is 1. The summed E-state index contributed by atoms with van der Waals surface area (Å²) >= 11 is 0. The quantitative estimate of drug-likeness (QED) is 0.643. The van der Waals surface area contributed by atoms with Crippen LogP contribution in [-0.2, 0) is 4.74 Å². The molecule has 1 rings (SSSR count). The predicted molar refractivity (Wildman–Crippen MR) is 46.9 cm³/mol. The van der Waals surface area contributed by atoms with Crippen molar-refractivity contribution >= 4 is 5.97 Å². The van der Waals surface area contributed by atoms with Crippen LogP contribution in [0, 0.1) is 6.92 Å². The summed E-state index contributed by atoms with van der Waals surface area (Å²) in [4.78, 5) is 15.2. The van der Waals surface area contributed by atoms with Gasteiger partial charge in [0.1, 0.15) is 0 Å². The topological polar surface area (TPSA) is 48.4 Å². The Labute approximate surface area is 76.5 Å². The molecule has 13 heavy (non-hydrogen) atoms. The molecule has 0 radical (unpaired) electrons. The van der Waals surface area contributed by atoms with Crippen molar-refractivity contribution in [2.45, 2.75) is 6.92 Å². The molecular weight excluding hydrogens is 170 g/mol. The normalized spacial score (nSPS) is 9.46. The van der Waals surface area contributed by atoms with Crippen LogP contribution in [0.3, 0.4) is 0 Å². The molecule has 0 aliphatic carbocycles. The first-order valence-corrected chi connectivity index (χ1v) is 3.79. The van der Waals surface area contributed by atoms with Crippen LogP contribution in [0.15, 0.2) is 12.1 Å². The Morgan fingerprint density at radius 1 is 1.38 bits per heavy atom. The van der Waals surface area contributed by atoms with Crippen molar-refractivity contribution in [2.75, 3.05) is 14.2 Å². The van der Waals surface area contributed by atoms with E-state index in [1.165, 1.54) is 14.2 Å². The monoisotopic (exact) mass is 181 g/mol. The van der Waals surface area contributed by atoms with E-state index in [9.17, 15) is 4.79 Å². The van der Waals surface area contributed by atoms with Crippen LogP contribution in [0.5, 0.6) is 5.75 Å². The molecule has 0 aromatic carbocycles. The third-order valence-electron chi connectivity index (χ3n) is 1.60. The van der Waals surface area contributed by atoms with Gasteiger partial charge in [-0.1, -0.05) is 0 Å². The van der Waals surface area contributed by atoms with Crippen LogP contribution in [0.1, 0.15) is 16.2 Å². The summed E-state index contributed by atoms with van der Waals surface area (Å²) in [5.74, 6) is -0.0574. The minimum absolute atomic E-state index is 0.213. The van der Waals surface area contributed by atoms with E-state index >= 15 is 0 Å². The summed E-state index contributed by atoms with van der Waals surface area (Å²) in [6, 6.07) is 3.46. The summed E-state index contributed by atoms with van der Waals surface area (Å²) in [7, 11) is 2.80. The zero-order valence-electron chi connectivity index (χ0n) is 7.83. The zero-order chi connectivity index (χ0) is 9.84. The van der Waals surface area contributed by atoms with E-state index in [4.69, 9.17) is 4.74 Å². The van der Waals surface area contributed by atoms with E-state index in [1.54, 1.807) is 19.1 Å². The summed E-state index contributed by atoms with van der Waals surface area (Å²) < 4.78 is 9.51. The van der Waals surface area contributed by atoms with Gasteiger partial charge in [-0.05, 0) is 19.1 Å². The van der Waals surface area contributed by atoms with Gasteiger partial charge in [0, 0.05) is 5.69 Å². The highest BCUT2D eigenvalue weighted by Gasteiger charge is 2.13. The fourth-order valence-corrected chi connectivity index (χ4v) is 0.952. The molecule has 0 amide bonds. The number of esters is 1. The second kappa shape index (κ2) is 3.89. The van der Waals surface area contributed by atoms with Crippen molar-refractivity contribution in [3.8, 4) is 5.75 Å². The third-order valence-corrected chi connectivity index (χ3v) is 1.60. The van der Waals surface area contributed by atoms with Gasteiger partial charge in [-0.2, -0.15) is 0 Å². The SMILES string of the molecule is COC(=O)c1nc(C)ccc1OC. The number of aryl methyl sites for hydroxylation is 1. The lowest BCUT2D eigenvalue weighted by atomic mass is 10.3. The number of hydrogen-bond acceptors (Lipinski definition) is 4. The molecule has 0 unspecified atom stereocenters. The molecule has 0 aliphatic rings. The average Bonchev–Trinajstić information content (AvgIpc) is 2.16. The lowest BCUT2D eigenvalue weighted by molar-refractivity contribution is 0.0589. The second-order valence-electron chi connectivity index (χ2n) is 2.50. The number of nitrogens with zero attached hydrogens (tertiary/aromatic N) is 1. The van der Waals surface area contributed by atoms with Gasteiger partial charge in [0.2, 0.25) is 0 Å². The molecule has 0 saturated carbocycles. The van der Waals surface area contributed by atoms with Crippen LogP contribution >= 0.6 is 0 Å². The molecular formula is C9H11NO3. The van der Waals surface area contributed by atoms with Crippen molar-refractivity contribution in [1.29, 1.82) is 0 Å². The first-order chi connectivity index (χ1) is 6.19. The Kier molecular flexibility index (Phi) is 2.84. The van der Waals surface area contributed by atoms with Gasteiger partial charge < -0.3 is 9.47 Å². The van der Waals surface area contributed by atoms with E-state index in [0.717, 1.165) is 5.69 Å². The number of hydrogen-bond donors (Lipinski definition) is 0. The first kappa shape index (κ1) is 9.51. The molecule has 0 fully saturated rings. The Morgan fingerprint density at radius 3 is 2.62 bits per heavy atom. The minimum Gasteiger partial charge on any atom is -0.494 e. The highest BCUT2D eigenvalue weighted by molar-refractivity contribution is 5.90. The molecule has 4 heteroatoms. The van der Waals surface area contributed by atoms with Crippen molar-refractivity contribution < 1.29 is 14.3 Å². The van der Waals surface area contributed by atoms with Crippen LogP contribution in [0.25, 0.3) is 0 Å². The Balaban J connectivity index is 3.15. The van der Waals surface area contributed by atoms with Gasteiger partial charge in [-0.15, -0.1) is 0 Å². The summed E-state index contributed by atoms with van der Waals surface area (Å²) in [5, 5.41) is 0. The molecule has 4 nitrogen and oxygen atoms in total. The van der Waals surface area contributed by atoms with Gasteiger partial charge >= 0.3 is 5.97 Å². The Hall–Kier alpha value is -1.58. The second-order valence-corrected chi connectivity index (χ2v) is 2.50.